The maximum absolute atomic E-state index is 14.7. The molecule has 5 rings (SSSR count). The monoisotopic (exact) mass is 450 g/mol. The number of aromatic nitrogens is 5. The van der Waals surface area contributed by atoms with Crippen molar-refractivity contribution in [1.29, 1.82) is 0 Å². The van der Waals surface area contributed by atoms with Gasteiger partial charge in [0.25, 0.3) is 0 Å². The van der Waals surface area contributed by atoms with Gasteiger partial charge in [-0.3, -0.25) is 5.10 Å². The Balaban J connectivity index is 1.49. The molecule has 5 N–H and O–H groups in total. The fourth-order valence-corrected chi connectivity index (χ4v) is 3.87. The molecule has 0 aliphatic heterocycles. The molecule has 1 aliphatic carbocycles. The molecule has 0 bridgehead atoms. The summed E-state index contributed by atoms with van der Waals surface area (Å²) >= 11 is 0. The van der Waals surface area contributed by atoms with E-state index >= 15 is 0 Å². The molecule has 3 aromatic heterocycles. The highest BCUT2D eigenvalue weighted by atomic mass is 19.1. The fraction of sp³-hybridized carbons (Fsp3) is 0.348. The number of fused-ring (bicyclic) bond motifs is 1. The van der Waals surface area contributed by atoms with E-state index in [0.29, 0.717) is 47.7 Å². The van der Waals surface area contributed by atoms with Gasteiger partial charge in [0.1, 0.15) is 17.4 Å². The summed E-state index contributed by atoms with van der Waals surface area (Å²) in [5.41, 5.74) is 8.98. The molecule has 10 heteroatoms. The number of hydrogen-bond donors (Lipinski definition) is 4. The molecule has 9 nitrogen and oxygen atoms in total. The number of hydrogen-bond acceptors (Lipinski definition) is 7. The van der Waals surface area contributed by atoms with Crippen LogP contribution in [0.5, 0.6) is 11.8 Å². The van der Waals surface area contributed by atoms with Crippen molar-refractivity contribution in [2.45, 2.75) is 32.6 Å². The largest absolute Gasteiger partial charge is 0.424 e. The molecule has 1 fully saturated rings. The van der Waals surface area contributed by atoms with Gasteiger partial charge in [-0.05, 0) is 32.8 Å². The van der Waals surface area contributed by atoms with Gasteiger partial charge >= 0.3 is 6.01 Å². The standard InChI is InChI=1S/C23H27FN8O/c1-12-8-15-13(2)18(9-16(24)22(15)26-12)33-23-28-19(11-21(29-23)32(3)7-6-25)27-20-10-17(30-31-20)14-4-5-14/h8-11,14,26H,4-7,25H2,1-3H3,(H2,27,28,29,30,31). The van der Waals surface area contributed by atoms with Gasteiger partial charge in [0.2, 0.25) is 0 Å². The van der Waals surface area contributed by atoms with E-state index in [1.807, 2.05) is 37.9 Å². The summed E-state index contributed by atoms with van der Waals surface area (Å²) in [7, 11) is 1.89. The van der Waals surface area contributed by atoms with Crippen molar-refractivity contribution in [3.05, 3.63) is 47.0 Å². The third-order valence-electron chi connectivity index (χ3n) is 5.84. The predicted molar refractivity (Wildman–Crippen MR) is 126 cm³/mol. The summed E-state index contributed by atoms with van der Waals surface area (Å²) in [5, 5.41) is 11.4. The van der Waals surface area contributed by atoms with Crippen molar-refractivity contribution in [1.82, 2.24) is 25.1 Å². The highest BCUT2D eigenvalue weighted by Gasteiger charge is 2.25. The first kappa shape index (κ1) is 21.2. The summed E-state index contributed by atoms with van der Waals surface area (Å²) in [6.07, 6.45) is 2.37. The van der Waals surface area contributed by atoms with Crippen LogP contribution in [0.2, 0.25) is 0 Å². The second-order valence-corrected chi connectivity index (χ2v) is 8.54. The van der Waals surface area contributed by atoms with Crippen molar-refractivity contribution in [2.75, 3.05) is 30.4 Å². The number of nitrogens with zero attached hydrogens (tertiary/aromatic N) is 4. The maximum Gasteiger partial charge on any atom is 0.325 e. The first-order chi connectivity index (χ1) is 15.9. The molecule has 33 heavy (non-hydrogen) atoms. The van der Waals surface area contributed by atoms with Crippen molar-refractivity contribution in [3.8, 4) is 11.8 Å². The zero-order valence-electron chi connectivity index (χ0n) is 18.9. The lowest BCUT2D eigenvalue weighted by molar-refractivity contribution is 0.437. The van der Waals surface area contributed by atoms with Crippen molar-refractivity contribution < 1.29 is 9.13 Å². The van der Waals surface area contributed by atoms with Gasteiger partial charge in [0, 0.05) is 66.6 Å². The fourth-order valence-electron chi connectivity index (χ4n) is 3.87. The lowest BCUT2D eigenvalue weighted by atomic mass is 10.1. The van der Waals surface area contributed by atoms with Crippen LogP contribution < -0.4 is 20.7 Å². The summed E-state index contributed by atoms with van der Waals surface area (Å²) in [5.74, 6) is 2.35. The lowest BCUT2D eigenvalue weighted by Gasteiger charge is -2.19. The molecule has 0 atom stereocenters. The van der Waals surface area contributed by atoms with Gasteiger partial charge in [-0.25, -0.2) is 4.39 Å². The van der Waals surface area contributed by atoms with E-state index in [2.05, 4.69) is 30.5 Å². The van der Waals surface area contributed by atoms with Crippen LogP contribution in [0.1, 0.15) is 35.7 Å². The van der Waals surface area contributed by atoms with Gasteiger partial charge in [-0.15, -0.1) is 0 Å². The SMILES string of the molecule is Cc1cc2c(C)c(Oc3nc(Nc4cc(C5CC5)[nH]n4)cc(N(C)CCN)n3)cc(F)c2[nH]1. The summed E-state index contributed by atoms with van der Waals surface area (Å²) in [6.45, 7) is 4.85. The van der Waals surface area contributed by atoms with Gasteiger partial charge in [0.05, 0.1) is 5.52 Å². The van der Waals surface area contributed by atoms with Crippen LogP contribution in [0.4, 0.5) is 21.8 Å². The third kappa shape index (κ3) is 4.34. The molecule has 0 radical (unpaired) electrons. The number of ether oxygens (including phenoxy) is 1. The van der Waals surface area contributed by atoms with Crippen LogP contribution in [0.3, 0.4) is 0 Å². The second kappa shape index (κ2) is 8.36. The quantitative estimate of drug-likeness (QED) is 0.317. The van der Waals surface area contributed by atoms with Gasteiger partial charge in [-0.2, -0.15) is 15.1 Å². The van der Waals surface area contributed by atoms with Crippen molar-refractivity contribution in [3.63, 3.8) is 0 Å². The topological polar surface area (TPSA) is 121 Å². The Kier molecular flexibility index (Phi) is 5.37. The number of likely N-dealkylation sites (N-methyl/N-ethyl adjacent to an activating group) is 1. The molecule has 0 amide bonds. The Bertz CT molecular complexity index is 1310. The molecule has 1 saturated carbocycles. The van der Waals surface area contributed by atoms with Crippen molar-refractivity contribution >= 4 is 28.4 Å². The molecule has 1 aliphatic rings. The third-order valence-corrected chi connectivity index (χ3v) is 5.84. The minimum atomic E-state index is -0.391. The molecule has 4 aromatic rings. The van der Waals surface area contributed by atoms with Crippen LogP contribution in [0.25, 0.3) is 10.9 Å². The smallest absolute Gasteiger partial charge is 0.325 e. The van der Waals surface area contributed by atoms with E-state index in [9.17, 15) is 4.39 Å². The maximum atomic E-state index is 14.7. The molecule has 172 valence electrons. The number of halogens is 1. The van der Waals surface area contributed by atoms with Gasteiger partial charge in [0.15, 0.2) is 11.6 Å². The van der Waals surface area contributed by atoms with E-state index in [0.717, 1.165) is 22.3 Å². The Labute approximate surface area is 190 Å². The van der Waals surface area contributed by atoms with Gasteiger partial charge < -0.3 is 25.7 Å². The van der Waals surface area contributed by atoms with Crippen LogP contribution in [-0.4, -0.2) is 45.3 Å². The number of H-pyrrole nitrogens is 2. The van der Waals surface area contributed by atoms with Gasteiger partial charge in [-0.1, -0.05) is 0 Å². The average Bonchev–Trinajstić information content (AvgIpc) is 3.40. The van der Waals surface area contributed by atoms with E-state index in [-0.39, 0.29) is 6.01 Å². The number of anilines is 3. The Morgan fingerprint density at radius 3 is 2.76 bits per heavy atom. The Hall–Kier alpha value is -3.66. The number of nitrogens with one attached hydrogen (secondary N) is 3. The minimum absolute atomic E-state index is 0.103. The molecular formula is C23H27FN8O. The van der Waals surface area contributed by atoms with Crippen LogP contribution >= 0.6 is 0 Å². The van der Waals surface area contributed by atoms with E-state index in [1.165, 1.54) is 18.9 Å². The number of aryl methyl sites for hydroxylation is 2. The summed E-state index contributed by atoms with van der Waals surface area (Å²) in [6, 6.07) is 7.15. The minimum Gasteiger partial charge on any atom is -0.424 e. The molecule has 3 heterocycles. The zero-order chi connectivity index (χ0) is 23.1. The number of benzene rings is 1. The highest BCUT2D eigenvalue weighted by molar-refractivity contribution is 5.86. The Morgan fingerprint density at radius 1 is 1.18 bits per heavy atom. The van der Waals surface area contributed by atoms with Crippen LogP contribution in [-0.2, 0) is 0 Å². The second-order valence-electron chi connectivity index (χ2n) is 8.54. The number of aromatic amines is 2. The molecule has 0 saturated heterocycles. The van der Waals surface area contributed by atoms with E-state index in [4.69, 9.17) is 10.5 Å². The van der Waals surface area contributed by atoms with E-state index in [1.54, 1.807) is 6.07 Å². The highest BCUT2D eigenvalue weighted by Crippen LogP contribution is 2.40. The Morgan fingerprint density at radius 2 is 2.00 bits per heavy atom. The van der Waals surface area contributed by atoms with Crippen LogP contribution in [0, 0.1) is 19.7 Å². The molecular weight excluding hydrogens is 423 g/mol. The molecule has 1 aromatic carbocycles. The predicted octanol–water partition coefficient (Wildman–Crippen LogP) is 4.25. The first-order valence-electron chi connectivity index (χ1n) is 11.0. The number of rotatable bonds is 8. The lowest BCUT2D eigenvalue weighted by Crippen LogP contribution is -2.26. The summed E-state index contributed by atoms with van der Waals surface area (Å²) in [4.78, 5) is 14.0. The normalized spacial score (nSPS) is 13.5. The van der Waals surface area contributed by atoms with Crippen LogP contribution in [0.15, 0.2) is 24.3 Å². The van der Waals surface area contributed by atoms with E-state index < -0.39 is 5.82 Å². The molecule has 0 unspecified atom stereocenters. The first-order valence-corrected chi connectivity index (χ1v) is 11.0. The zero-order valence-corrected chi connectivity index (χ0v) is 18.9. The average molecular weight is 451 g/mol. The van der Waals surface area contributed by atoms with Crippen molar-refractivity contribution in [2.24, 2.45) is 5.73 Å². The molecule has 0 spiro atoms. The summed E-state index contributed by atoms with van der Waals surface area (Å²) < 4.78 is 20.7. The number of nitrogens with two attached hydrogens (primary N) is 1.